The van der Waals surface area contributed by atoms with Gasteiger partial charge in [0.1, 0.15) is 7.05 Å². The van der Waals surface area contributed by atoms with Crippen molar-refractivity contribution in [2.75, 3.05) is 24.7 Å². The van der Waals surface area contributed by atoms with Crippen LogP contribution in [0.15, 0.2) is 26.8 Å². The van der Waals surface area contributed by atoms with Crippen LogP contribution < -0.4 is 30.5 Å². The molecule has 0 radical (unpaired) electrons. The van der Waals surface area contributed by atoms with E-state index in [-0.39, 0.29) is 71.4 Å². The summed E-state index contributed by atoms with van der Waals surface area (Å²) in [6.45, 7) is 16.1. The maximum absolute atomic E-state index is 13.8. The highest BCUT2D eigenvalue weighted by Gasteiger charge is 2.46. The monoisotopic (exact) mass is 986 g/mol. The van der Waals surface area contributed by atoms with Crippen molar-refractivity contribution in [3.8, 4) is 11.5 Å². The lowest BCUT2D eigenvalue weighted by atomic mass is 9.77. The Kier molecular flexibility index (Phi) is 14.1. The van der Waals surface area contributed by atoms with Gasteiger partial charge in [-0.05, 0) is 82.4 Å². The highest BCUT2D eigenvalue weighted by Crippen LogP contribution is 2.55. The molecule has 344 valence electrons. The molecule has 3 aromatic carbocycles. The number of anilines is 1. The summed E-state index contributed by atoms with van der Waals surface area (Å²) in [5.41, 5.74) is -1.47. The second-order valence-corrected chi connectivity index (χ2v) is 23.3. The molecule has 2 unspecified atom stereocenters. The van der Waals surface area contributed by atoms with E-state index in [4.69, 9.17) is 39.5 Å². The molecular weight excluding hydrogens is 933 g/mol. The number of unbranched alkanes of at least 4 members (excludes halogenated alkanes) is 2. The molecule has 13 nitrogen and oxygen atoms in total. The molecule has 0 saturated heterocycles. The number of rotatable bonds is 14. The zero-order valence-corrected chi connectivity index (χ0v) is 41.5. The van der Waals surface area contributed by atoms with E-state index in [0.29, 0.717) is 42.9 Å². The Bertz CT molecular complexity index is 2790. The third-order valence-corrected chi connectivity index (χ3v) is 16.7. The fraction of sp³-hybridized carbons (Fsp3) is 0.523. The Hall–Kier alpha value is -3.09. The fourth-order valence-corrected chi connectivity index (χ4v) is 13.0. The van der Waals surface area contributed by atoms with E-state index in [1.165, 1.54) is 0 Å². The number of thioether (sulfide) groups is 1. The molecule has 6 rings (SSSR count). The second kappa shape index (κ2) is 17.9. The number of nitrogens with one attached hydrogen (secondary N) is 2. The van der Waals surface area contributed by atoms with Gasteiger partial charge < -0.3 is 20.5 Å². The summed E-state index contributed by atoms with van der Waals surface area (Å²) in [6, 6.07) is 3.26. The summed E-state index contributed by atoms with van der Waals surface area (Å²) in [7, 11) is -8.83. The maximum Gasteiger partial charge on any atom is 0.337 e. The minimum Gasteiger partial charge on any atom is -0.478 e. The van der Waals surface area contributed by atoms with E-state index in [1.54, 1.807) is 23.8 Å². The van der Waals surface area contributed by atoms with Crippen LogP contribution in [0.25, 0.3) is 5.57 Å². The normalized spacial score (nSPS) is 18.8. The number of fused-ring (bicyclic) bond motifs is 4. The Morgan fingerprint density at radius 1 is 0.952 bits per heavy atom. The topological polar surface area (TPSA) is 199 Å². The smallest absolute Gasteiger partial charge is 0.337 e. The summed E-state index contributed by atoms with van der Waals surface area (Å²) < 4.78 is 85.7. The molecule has 5 N–H and O–H groups in total. The van der Waals surface area contributed by atoms with Gasteiger partial charge in [0.05, 0.1) is 32.1 Å². The number of amides is 1. The van der Waals surface area contributed by atoms with E-state index in [2.05, 4.69) is 24.5 Å². The predicted molar refractivity (Wildman–Crippen MR) is 249 cm³/mol. The van der Waals surface area contributed by atoms with Gasteiger partial charge in [-0.1, -0.05) is 81.8 Å². The van der Waals surface area contributed by atoms with Crippen LogP contribution >= 0.6 is 46.6 Å². The van der Waals surface area contributed by atoms with Gasteiger partial charge in [0, 0.05) is 50.9 Å². The van der Waals surface area contributed by atoms with Gasteiger partial charge in [-0.3, -0.25) is 13.9 Å². The van der Waals surface area contributed by atoms with E-state index in [9.17, 15) is 40.6 Å². The fourth-order valence-electron chi connectivity index (χ4n) is 9.31. The van der Waals surface area contributed by atoms with Gasteiger partial charge >= 0.3 is 16.1 Å². The third-order valence-electron chi connectivity index (χ3n) is 12.4. The van der Waals surface area contributed by atoms with Crippen molar-refractivity contribution >= 4 is 89.9 Å². The van der Waals surface area contributed by atoms with E-state index in [0.717, 1.165) is 37.4 Å². The maximum atomic E-state index is 13.8. The first-order chi connectivity index (χ1) is 29.1. The highest BCUT2D eigenvalue weighted by atomic mass is 35.5. The lowest BCUT2D eigenvalue weighted by molar-refractivity contribution is -0.118. The van der Waals surface area contributed by atoms with Gasteiger partial charge in [-0.15, -0.1) is 11.8 Å². The molecule has 0 fully saturated rings. The molecule has 3 aliphatic rings. The number of ether oxygens (including phenoxy) is 1. The first kappa shape index (κ1) is 49.3. The van der Waals surface area contributed by atoms with E-state index in [1.807, 2.05) is 41.5 Å². The summed E-state index contributed by atoms with van der Waals surface area (Å²) in [5, 5.41) is 16.1. The molecule has 1 amide bonds. The standard InChI is InChI=1S/C44H54Cl3N3O10S3/c1-10-23-19-43(5,6)49-35-25(23)17-27-29(30-31(42(52)53)32(45)34(47)39(33(30)46)61-20-28(51)48-15-13-11-12-14-21(2)3)26-16-24-22(4)18-44(7,8)50(9)36(24)41(63(57,58)59)38(26)60-37(27)40(35)62(54,55)56/h16-17,21-23H,10-15,18-20H2,1-9H3,(H4,48,51,52,53,54,55,56,57,58,59)/p+1. The number of carboxylic acids is 1. The number of benzene rings is 3. The lowest BCUT2D eigenvalue weighted by Gasteiger charge is -2.40. The Labute approximate surface area is 388 Å². The molecule has 2 atom stereocenters. The number of carbonyl (C=O) groups excluding carboxylic acids is 1. The molecule has 0 aliphatic carbocycles. The minimum atomic E-state index is -5.24. The van der Waals surface area contributed by atoms with Crippen molar-refractivity contribution in [2.24, 2.45) is 5.92 Å². The predicted octanol–water partition coefficient (Wildman–Crippen LogP) is 9.11. The number of hydrogen-bond donors (Lipinski definition) is 5. The molecule has 19 heteroatoms. The molecule has 3 heterocycles. The van der Waals surface area contributed by atoms with Gasteiger partial charge in [-0.2, -0.15) is 16.8 Å². The first-order valence-electron chi connectivity index (χ1n) is 20.9. The summed E-state index contributed by atoms with van der Waals surface area (Å²) in [4.78, 5) is 25.2. The quantitative estimate of drug-likeness (QED) is 0.0264. The Balaban J connectivity index is 1.76. The van der Waals surface area contributed by atoms with Crippen molar-refractivity contribution in [1.82, 2.24) is 9.89 Å². The van der Waals surface area contributed by atoms with Crippen LogP contribution in [0, 0.1) is 5.92 Å². The molecule has 0 bridgehead atoms. The van der Waals surface area contributed by atoms with Crippen molar-refractivity contribution in [1.29, 1.82) is 0 Å². The van der Waals surface area contributed by atoms with Crippen LogP contribution in [0.2, 0.25) is 15.1 Å². The van der Waals surface area contributed by atoms with Crippen molar-refractivity contribution in [3.63, 3.8) is 0 Å². The molecule has 3 aromatic rings. The van der Waals surface area contributed by atoms with Crippen LogP contribution in [0.4, 0.5) is 5.69 Å². The van der Waals surface area contributed by atoms with Crippen LogP contribution in [-0.2, 0) is 25.0 Å². The summed E-state index contributed by atoms with van der Waals surface area (Å²) >= 11 is 21.9. The SMILES string of the molecule is CCC1CC(C)(C)Nc2c1cc1c(c2S(=O)(=O)O)Oc2c(S(=O)(=O)O)c3c(cc2=C1c1c(Cl)c(SCC(=O)NCCCCCC(C)C)c(Cl)c(Cl)c1C(=O)O)C(C)CC(C)(C)[N+]=3C. The van der Waals surface area contributed by atoms with Crippen LogP contribution in [0.3, 0.4) is 0 Å². The number of hydrogen-bond acceptors (Lipinski definition) is 9. The van der Waals surface area contributed by atoms with Gasteiger partial charge in [0.25, 0.3) is 10.1 Å². The van der Waals surface area contributed by atoms with E-state index >= 15 is 0 Å². The molecule has 3 aliphatic heterocycles. The summed E-state index contributed by atoms with van der Waals surface area (Å²) in [6.07, 6.45) is 5.42. The van der Waals surface area contributed by atoms with Crippen molar-refractivity contribution < 1.29 is 45.4 Å². The Morgan fingerprint density at radius 3 is 2.19 bits per heavy atom. The Morgan fingerprint density at radius 2 is 1.60 bits per heavy atom. The van der Waals surface area contributed by atoms with Crippen LogP contribution in [0.1, 0.15) is 145 Å². The second-order valence-electron chi connectivity index (χ2n) is 18.5. The van der Waals surface area contributed by atoms with Crippen LogP contribution in [-0.4, -0.2) is 73.3 Å². The molecule has 0 saturated carbocycles. The average Bonchev–Trinajstić information content (AvgIpc) is 3.15. The van der Waals surface area contributed by atoms with Crippen molar-refractivity contribution in [3.05, 3.63) is 65.6 Å². The number of nitrogens with zero attached hydrogens (tertiary/aromatic N) is 1. The van der Waals surface area contributed by atoms with Gasteiger partial charge in [0.2, 0.25) is 16.2 Å². The highest BCUT2D eigenvalue weighted by molar-refractivity contribution is 8.00. The first-order valence-corrected chi connectivity index (χ1v) is 25.9. The van der Waals surface area contributed by atoms with E-state index < -0.39 is 69.2 Å². The van der Waals surface area contributed by atoms with Gasteiger partial charge in [0.15, 0.2) is 21.9 Å². The number of carbonyl (C=O) groups is 2. The molecular formula is C44H55Cl3N3O10S3+. The molecule has 0 aromatic heterocycles. The van der Waals surface area contributed by atoms with Gasteiger partial charge in [-0.25, -0.2) is 9.37 Å². The zero-order valence-electron chi connectivity index (χ0n) is 36.8. The minimum absolute atomic E-state index is 0.0151. The number of carboxylic acid groups (broad SMARTS) is 1. The molecule has 63 heavy (non-hydrogen) atoms. The third kappa shape index (κ3) is 9.47. The summed E-state index contributed by atoms with van der Waals surface area (Å²) in [5.74, 6) is -3.26. The van der Waals surface area contributed by atoms with Crippen LogP contribution in [0.5, 0.6) is 11.5 Å². The lowest BCUT2D eigenvalue weighted by Crippen LogP contribution is -2.52. The number of aromatic carboxylic acids is 1. The molecule has 0 spiro atoms. The number of halogens is 3. The largest absolute Gasteiger partial charge is 0.478 e. The zero-order chi connectivity index (χ0) is 46.9. The average molecular weight is 988 g/mol. The van der Waals surface area contributed by atoms with Crippen molar-refractivity contribution in [2.45, 2.75) is 138 Å².